The predicted molar refractivity (Wildman–Crippen MR) is 409 cm³/mol. The Morgan fingerprint density at radius 2 is 0.796 bits per heavy atom. The summed E-state index contributed by atoms with van der Waals surface area (Å²) >= 11 is 0. The molecule has 13 rings (SSSR count). The maximum absolute atomic E-state index is 12.2. The summed E-state index contributed by atoms with van der Waals surface area (Å²) in [5.41, 5.74) is 9.43. The summed E-state index contributed by atoms with van der Waals surface area (Å²) < 4.78 is 76.3. The molecule has 0 atom stereocenters. The van der Waals surface area contributed by atoms with Gasteiger partial charge in [-0.25, -0.2) is 24.2 Å². The van der Waals surface area contributed by atoms with Crippen LogP contribution < -0.4 is 8.92 Å². The third-order valence-electron chi connectivity index (χ3n) is 14.9. The second kappa shape index (κ2) is 39.7. The number of benzene rings is 1. The molecule has 574 valence electrons. The van der Waals surface area contributed by atoms with Gasteiger partial charge in [-0.3, -0.25) is 72.7 Å². The number of halogens is 3. The number of Topliss-reactive ketones (excluding diaryl/α,β-unsaturated/α-hetero) is 3. The van der Waals surface area contributed by atoms with Gasteiger partial charge in [-0.1, -0.05) is 54.6 Å². The number of carboxylic acid groups (broad SMARTS) is 1. The lowest BCUT2D eigenvalue weighted by Crippen LogP contribution is -2.28. The van der Waals surface area contributed by atoms with Gasteiger partial charge >= 0.3 is 21.6 Å². The molecule has 0 fully saturated rings. The summed E-state index contributed by atoms with van der Waals surface area (Å²) in [5, 5.41) is 38.7. The Morgan fingerprint density at radius 3 is 1.10 bits per heavy atom. The zero-order valence-electron chi connectivity index (χ0n) is 62.4. The van der Waals surface area contributed by atoms with Crippen LogP contribution in [0.25, 0.3) is 76.3 Å². The fourth-order valence-electron chi connectivity index (χ4n) is 9.67. The van der Waals surface area contributed by atoms with Gasteiger partial charge in [0.25, 0.3) is 0 Å². The Bertz CT molecular complexity index is 5730. The van der Waals surface area contributed by atoms with Gasteiger partial charge in [0, 0.05) is 73.0 Å². The molecule has 2 N–H and O–H groups in total. The first-order valence-corrected chi connectivity index (χ1v) is 34.5. The van der Waals surface area contributed by atoms with Crippen molar-refractivity contribution in [3.63, 3.8) is 0 Å². The number of rotatable bonds is 15. The van der Waals surface area contributed by atoms with Crippen LogP contribution in [0.15, 0.2) is 189 Å². The zero-order chi connectivity index (χ0) is 82.7. The van der Waals surface area contributed by atoms with Gasteiger partial charge in [0.15, 0.2) is 23.0 Å². The summed E-state index contributed by atoms with van der Waals surface area (Å²) in [4.78, 5) is 84.5. The molecule has 0 aliphatic carbocycles. The average molecular weight is 1550 g/mol. The molecule has 31 nitrogen and oxygen atoms in total. The molecule has 0 saturated carbocycles. The summed E-state index contributed by atoms with van der Waals surface area (Å²) in [5.74, 6) is -1.24. The van der Waals surface area contributed by atoms with Crippen LogP contribution in [0.1, 0.15) is 80.1 Å². The summed E-state index contributed by atoms with van der Waals surface area (Å²) in [6.07, 6.45) is 9.67. The SMILES string of the molecule is Cc1cc(-c2ccc(O)cn2)n(C)n1.Cc1cc(-c2ccc(OCc3ccccc3)cn2)n(C)n1.Cc1cc(-c2ccc(OS(=O)(=O)C(F)(F)F)cn2)n(C)n1.[C-]#[N+]c1ccc(-c2cc(C(=O)O)nn2C)nc1.[C-]#[N+]c1ccc(-c2cc(C)nn2C)nc1.[C-]#[N+]c1ccc(C(=O)CC(C)=O)nc1.[C-]#[N+]c1ccc(C(C)=O)nc1. The number of hydrogen-bond acceptors (Lipinski definition) is 21. The zero-order valence-corrected chi connectivity index (χ0v) is 63.2. The number of carbonyl (C=O) groups is 4. The first-order valence-electron chi connectivity index (χ1n) is 33.1. The number of carboxylic acids is 1. The number of carbonyl (C=O) groups excluding carboxylic acids is 3. The van der Waals surface area contributed by atoms with Crippen LogP contribution in [0, 0.1) is 54.0 Å². The second-order valence-electron chi connectivity index (χ2n) is 23.9. The number of aromatic carboxylic acids is 1. The van der Waals surface area contributed by atoms with Gasteiger partial charge in [-0.05, 0) is 125 Å². The Balaban J connectivity index is 0.000000185. The lowest BCUT2D eigenvalue weighted by Gasteiger charge is -2.09. The quantitative estimate of drug-likeness (QED) is 0.0316. The number of pyridine rings is 7. The highest BCUT2D eigenvalue weighted by molar-refractivity contribution is 7.88. The minimum Gasteiger partial charge on any atom is -0.506 e. The standard InChI is InChI=1S/C17H17N3O.C11H10F3N3O3S.C11H8N4O2.C11H10N4.C10H11N3O.C10H8N2O2.C8H6N2O/c1-13-10-17(20(2)19-13)16-9-8-15(11-18-16)21-12-14-6-4-3-5-7-14;1-7-5-10(17(2)16-7)9-4-3-8(6-15-9)20-21(18,19)11(12,13)14;1-12-7-3-4-8(13-6-7)10-5-9(11(16)17)14-15(10)2;1-8-6-11(15(3)14-8)10-5-4-9(12-2)7-13-10;1-7-5-10(13(2)12-7)9-4-3-8(14)6-11-9;1-7(13)5-10(14)9-4-3-8(11-2)6-12-9;1-6(11)8-4-3-7(9-2)5-10-8/h3-11H,12H2,1-2H3;3-6H,1-2H3;3-6H,2H3,(H,16,17);4-7H,1,3H3;3-6,14H,1-2H3;3-4,6H,5H2,1H3;3-5H,1H3. The van der Waals surface area contributed by atoms with Crippen molar-refractivity contribution in [1.82, 2.24) is 83.8 Å². The van der Waals surface area contributed by atoms with E-state index < -0.39 is 27.3 Å². The molecule has 1 aromatic carbocycles. The first-order chi connectivity index (χ1) is 53.7. The average Bonchev–Trinajstić information content (AvgIpc) is 1.82. The monoisotopic (exact) mass is 1550 g/mol. The molecule has 12 heterocycles. The lowest BCUT2D eigenvalue weighted by atomic mass is 10.1. The van der Waals surface area contributed by atoms with Crippen LogP contribution in [-0.4, -0.2) is 131 Å². The van der Waals surface area contributed by atoms with Gasteiger partial charge < -0.3 is 19.1 Å². The van der Waals surface area contributed by atoms with Crippen molar-refractivity contribution in [3.05, 3.63) is 280 Å². The normalized spacial score (nSPS) is 10.4. The van der Waals surface area contributed by atoms with Crippen LogP contribution >= 0.6 is 0 Å². The lowest BCUT2D eigenvalue weighted by molar-refractivity contribution is -0.116. The molecular weight excluding hydrogens is 1480 g/mol. The number of nitrogens with zero attached hydrogens (tertiary/aromatic N) is 21. The van der Waals surface area contributed by atoms with Gasteiger partial charge in [0.1, 0.15) is 35.3 Å². The molecule has 0 aliphatic rings. The highest BCUT2D eigenvalue weighted by Crippen LogP contribution is 2.29. The molecule has 13 aromatic rings. The largest absolute Gasteiger partial charge is 0.534 e. The molecule has 0 saturated heterocycles. The predicted octanol–water partition coefficient (Wildman–Crippen LogP) is 14.6. The second-order valence-corrected chi connectivity index (χ2v) is 25.4. The number of ketones is 3. The molecule has 0 amide bonds. The topological polar surface area (TPSA) is 358 Å². The van der Waals surface area contributed by atoms with Crippen LogP contribution in [0.3, 0.4) is 0 Å². The van der Waals surface area contributed by atoms with Crippen molar-refractivity contribution in [1.29, 1.82) is 0 Å². The van der Waals surface area contributed by atoms with Crippen molar-refractivity contribution < 1.29 is 59.9 Å². The third-order valence-corrected chi connectivity index (χ3v) is 15.9. The Hall–Kier alpha value is -15.1. The van der Waals surface area contributed by atoms with Crippen LogP contribution in [0.4, 0.5) is 35.9 Å². The van der Waals surface area contributed by atoms with Crippen LogP contribution in [0.2, 0.25) is 0 Å². The smallest absolute Gasteiger partial charge is 0.506 e. The molecule has 0 radical (unpaired) electrons. The highest BCUT2D eigenvalue weighted by atomic mass is 32.2. The molecule has 113 heavy (non-hydrogen) atoms. The minimum atomic E-state index is -5.69. The van der Waals surface area contributed by atoms with E-state index >= 15 is 0 Å². The minimum absolute atomic E-state index is 0.0291. The van der Waals surface area contributed by atoms with Gasteiger partial charge in [0.05, 0.1) is 131 Å². The molecule has 0 unspecified atom stereocenters. The van der Waals surface area contributed by atoms with E-state index in [2.05, 4.69) is 83.9 Å². The summed E-state index contributed by atoms with van der Waals surface area (Å²) in [6.45, 7) is 37.9. The van der Waals surface area contributed by atoms with Crippen molar-refractivity contribution in [2.24, 2.45) is 35.2 Å². The fourth-order valence-corrected chi connectivity index (χ4v) is 10.1. The summed E-state index contributed by atoms with van der Waals surface area (Å²) in [6, 6.07) is 41.9. The highest BCUT2D eigenvalue weighted by Gasteiger charge is 2.48. The molecule has 12 aromatic heterocycles. The van der Waals surface area contributed by atoms with E-state index in [9.17, 15) is 40.8 Å². The van der Waals surface area contributed by atoms with Crippen molar-refractivity contribution in [2.75, 3.05) is 0 Å². The number of aromatic hydroxyl groups is 1. The maximum atomic E-state index is 12.2. The van der Waals surface area contributed by atoms with Crippen molar-refractivity contribution in [3.8, 4) is 74.2 Å². The molecular formula is C78H70F3N21O10S. The summed E-state index contributed by atoms with van der Waals surface area (Å²) in [7, 11) is 3.31. The molecule has 35 heteroatoms. The fraction of sp³-hybridized carbons (Fsp3) is 0.179. The Morgan fingerprint density at radius 1 is 0.442 bits per heavy atom. The first kappa shape index (κ1) is 85.2. The number of aryl methyl sites for hydroxylation is 9. The van der Waals surface area contributed by atoms with Crippen LogP contribution in [-0.2, 0) is 56.8 Å². The van der Waals surface area contributed by atoms with E-state index in [0.717, 1.165) is 80.5 Å². The van der Waals surface area contributed by atoms with Gasteiger partial charge in [-0.2, -0.15) is 47.1 Å². The van der Waals surface area contributed by atoms with Crippen molar-refractivity contribution in [2.45, 2.75) is 60.1 Å². The van der Waals surface area contributed by atoms with E-state index in [1.807, 2.05) is 113 Å². The number of alkyl halides is 3. The van der Waals surface area contributed by atoms with E-state index in [1.165, 1.54) is 67.6 Å². The number of aromatic nitrogens is 17. The van der Waals surface area contributed by atoms with Crippen molar-refractivity contribution >= 4 is 56.2 Å². The van der Waals surface area contributed by atoms with Crippen LogP contribution in [0.5, 0.6) is 17.2 Å². The number of ether oxygens (including phenoxy) is 1. The third kappa shape index (κ3) is 25.3. The molecule has 0 bridgehead atoms. The van der Waals surface area contributed by atoms with Gasteiger partial charge in [0.2, 0.25) is 22.7 Å². The Labute approximate surface area is 646 Å². The maximum Gasteiger partial charge on any atom is 0.534 e. The molecule has 0 aliphatic heterocycles. The van der Waals surface area contributed by atoms with E-state index in [1.54, 1.807) is 96.0 Å². The van der Waals surface area contributed by atoms with E-state index in [-0.39, 0.29) is 40.9 Å². The number of hydrogen-bond donors (Lipinski definition) is 2. The molecule has 0 spiro atoms. The van der Waals surface area contributed by atoms with E-state index in [4.69, 9.17) is 41.2 Å². The van der Waals surface area contributed by atoms with E-state index in [0.29, 0.717) is 57.8 Å². The van der Waals surface area contributed by atoms with Gasteiger partial charge in [-0.15, -0.1) is 0 Å². The Kier molecular flexibility index (Phi) is 29.9.